The molecule has 8 nitrogen and oxygen atoms in total. The van der Waals surface area contributed by atoms with Crippen LogP contribution in [0.2, 0.25) is 5.02 Å². The van der Waals surface area contributed by atoms with Gasteiger partial charge in [-0.1, -0.05) is 50.1 Å². The van der Waals surface area contributed by atoms with Crippen LogP contribution in [0.15, 0.2) is 18.2 Å². The lowest BCUT2D eigenvalue weighted by Gasteiger charge is -2.56. The molecule has 3 atom stereocenters. The Kier molecular flexibility index (Phi) is 9.09. The number of hydroxylamine groups is 1. The first-order chi connectivity index (χ1) is 19.6. The fraction of sp³-hybridized carbons (Fsp3) is 0.724. The minimum atomic E-state index is -2.66. The Labute approximate surface area is 243 Å². The molecule has 2 bridgehead atoms. The zero-order valence-corrected chi connectivity index (χ0v) is 23.8. The van der Waals surface area contributed by atoms with E-state index in [1.54, 1.807) is 0 Å². The van der Waals surface area contributed by atoms with Gasteiger partial charge in [-0.05, 0) is 57.1 Å². The number of hydrogen-bond donors (Lipinski definition) is 4. The van der Waals surface area contributed by atoms with Gasteiger partial charge in [0.15, 0.2) is 12.7 Å². The third-order valence-electron chi connectivity index (χ3n) is 9.84. The van der Waals surface area contributed by atoms with Gasteiger partial charge >= 0.3 is 0 Å². The predicted molar refractivity (Wildman–Crippen MR) is 145 cm³/mol. The molecular weight excluding hydrogens is 563 g/mol. The molecule has 12 heteroatoms. The van der Waals surface area contributed by atoms with E-state index in [2.05, 4.69) is 16.1 Å². The van der Waals surface area contributed by atoms with Gasteiger partial charge in [0.2, 0.25) is 0 Å². The summed E-state index contributed by atoms with van der Waals surface area (Å²) in [5.41, 5.74) is -0.0689. The summed E-state index contributed by atoms with van der Waals surface area (Å²) in [6.45, 7) is -0.364. The van der Waals surface area contributed by atoms with E-state index >= 15 is 0 Å². The lowest BCUT2D eigenvalue weighted by atomic mass is 9.59. The van der Waals surface area contributed by atoms with Crippen molar-refractivity contribution in [3.63, 3.8) is 0 Å². The zero-order chi connectivity index (χ0) is 29.3. The number of aliphatic hydroxyl groups is 1. The molecule has 1 aromatic rings. The average molecular weight is 602 g/mol. The molecule has 1 aliphatic heterocycles. The number of halogens is 4. The van der Waals surface area contributed by atoms with Crippen molar-refractivity contribution in [3.8, 4) is 5.75 Å². The second-order valence-corrected chi connectivity index (χ2v) is 12.7. The first-order valence-electron chi connectivity index (χ1n) is 14.7. The Morgan fingerprint density at radius 3 is 2.32 bits per heavy atom. The topological polar surface area (TPSA) is 109 Å². The smallest absolute Gasteiger partial charge is 0.258 e. The van der Waals surface area contributed by atoms with Gasteiger partial charge in [0.1, 0.15) is 17.6 Å². The van der Waals surface area contributed by atoms with Crippen molar-refractivity contribution in [2.45, 2.75) is 119 Å². The number of nitrogens with one attached hydrogen (secondary N) is 3. The number of benzene rings is 1. The van der Waals surface area contributed by atoms with Crippen molar-refractivity contribution in [2.75, 3.05) is 6.61 Å². The molecule has 1 aromatic carbocycles. The number of amides is 2. The van der Waals surface area contributed by atoms with Gasteiger partial charge in [-0.2, -0.15) is 5.48 Å². The SMILES string of the molecule is O=C(COc1ccc(Cl)c(F)c1)NC12CCC(NC(=O)C3ONC(C(F)F)C34CCCCCCCC4)(CC1)C[C@@H]2O. The van der Waals surface area contributed by atoms with Gasteiger partial charge in [-0.3, -0.25) is 14.4 Å². The maximum Gasteiger partial charge on any atom is 0.258 e. The number of hydrogen-bond acceptors (Lipinski definition) is 6. The Morgan fingerprint density at radius 1 is 1.05 bits per heavy atom. The second-order valence-electron chi connectivity index (χ2n) is 12.3. The maximum absolute atomic E-state index is 14.2. The summed E-state index contributed by atoms with van der Waals surface area (Å²) >= 11 is 5.68. The summed E-state index contributed by atoms with van der Waals surface area (Å²) < 4.78 is 47.4. The summed E-state index contributed by atoms with van der Waals surface area (Å²) in [6, 6.07) is 2.67. The van der Waals surface area contributed by atoms with Gasteiger partial charge in [0.25, 0.3) is 18.2 Å². The van der Waals surface area contributed by atoms with Crippen LogP contribution in [0.5, 0.6) is 5.75 Å². The quantitative estimate of drug-likeness (QED) is 0.365. The van der Waals surface area contributed by atoms with Crippen molar-refractivity contribution in [1.82, 2.24) is 16.1 Å². The number of alkyl halides is 2. The van der Waals surface area contributed by atoms with Crippen LogP contribution in [-0.4, -0.2) is 59.3 Å². The highest BCUT2D eigenvalue weighted by atomic mass is 35.5. The molecule has 1 saturated heterocycles. The second kappa shape index (κ2) is 12.3. The lowest BCUT2D eigenvalue weighted by molar-refractivity contribution is -0.146. The standard InChI is InChI=1S/C29H39ClF3N3O5/c30-19-8-7-18(15-20(19)31)40-17-22(38)34-29-13-11-27(12-14-29,16-21(29)37)35-26(39)24-28(23(25(32)33)36-41-24)9-5-3-1-2-4-6-10-28/h7-8,15,21,23-25,36-37H,1-6,9-14,16-17H2,(H,34,38)(H,35,39)/t21-,23?,24?,27?,29?/m0/s1. The minimum Gasteiger partial charge on any atom is -0.484 e. The molecule has 2 amide bonds. The normalized spacial score (nSPS) is 33.2. The maximum atomic E-state index is 14.2. The number of carbonyl (C=O) groups excluding carboxylic acids is 2. The van der Waals surface area contributed by atoms with Crippen molar-refractivity contribution in [1.29, 1.82) is 0 Å². The molecule has 0 aromatic heterocycles. The molecule has 41 heavy (non-hydrogen) atoms. The largest absolute Gasteiger partial charge is 0.484 e. The van der Waals surface area contributed by atoms with E-state index < -0.39 is 58.8 Å². The molecule has 4 aliphatic carbocycles. The molecule has 1 heterocycles. The Hall–Kier alpha value is -2.08. The van der Waals surface area contributed by atoms with E-state index in [1.165, 1.54) is 12.1 Å². The number of rotatable bonds is 7. The van der Waals surface area contributed by atoms with E-state index in [9.17, 15) is 27.9 Å². The predicted octanol–water partition coefficient (Wildman–Crippen LogP) is 4.56. The molecule has 2 unspecified atom stereocenters. The average Bonchev–Trinajstić information content (AvgIpc) is 3.36. The third-order valence-corrected chi connectivity index (χ3v) is 10.1. The highest BCUT2D eigenvalue weighted by molar-refractivity contribution is 6.30. The van der Waals surface area contributed by atoms with E-state index in [4.69, 9.17) is 21.2 Å². The molecule has 4 N–H and O–H groups in total. The summed E-state index contributed by atoms with van der Waals surface area (Å²) in [7, 11) is 0. The van der Waals surface area contributed by atoms with Crippen molar-refractivity contribution in [3.05, 3.63) is 29.0 Å². The third kappa shape index (κ3) is 6.19. The van der Waals surface area contributed by atoms with Gasteiger partial charge in [-0.15, -0.1) is 0 Å². The highest BCUT2D eigenvalue weighted by Crippen LogP contribution is 2.49. The first kappa shape index (κ1) is 30.4. The summed E-state index contributed by atoms with van der Waals surface area (Å²) in [6.07, 6.45) is 3.94. The van der Waals surface area contributed by atoms with Crippen LogP contribution in [0.25, 0.3) is 0 Å². The minimum absolute atomic E-state index is 0.0521. The number of ether oxygens (including phenoxy) is 1. The molecule has 1 spiro atoms. The highest BCUT2D eigenvalue weighted by Gasteiger charge is 2.60. The monoisotopic (exact) mass is 601 g/mol. The molecule has 5 aliphatic rings. The van der Waals surface area contributed by atoms with Crippen LogP contribution < -0.4 is 20.9 Å². The Balaban J connectivity index is 1.22. The Morgan fingerprint density at radius 2 is 1.71 bits per heavy atom. The fourth-order valence-electron chi connectivity index (χ4n) is 7.49. The summed E-state index contributed by atoms with van der Waals surface area (Å²) in [5, 5.41) is 17.1. The van der Waals surface area contributed by atoms with Crippen LogP contribution in [0.3, 0.4) is 0 Å². The van der Waals surface area contributed by atoms with Crippen LogP contribution >= 0.6 is 11.6 Å². The molecule has 5 fully saturated rings. The molecule has 6 rings (SSSR count). The number of carbonyl (C=O) groups is 2. The lowest BCUT2D eigenvalue weighted by Crippen LogP contribution is -2.71. The van der Waals surface area contributed by atoms with Crippen molar-refractivity contribution in [2.24, 2.45) is 5.41 Å². The molecule has 228 valence electrons. The summed E-state index contributed by atoms with van der Waals surface area (Å²) in [4.78, 5) is 32.1. The van der Waals surface area contributed by atoms with Gasteiger partial charge in [0, 0.05) is 17.0 Å². The van der Waals surface area contributed by atoms with Gasteiger partial charge in [0.05, 0.1) is 16.7 Å². The van der Waals surface area contributed by atoms with E-state index in [0.29, 0.717) is 38.5 Å². The molecule has 0 radical (unpaired) electrons. The number of fused-ring (bicyclic) bond motifs is 3. The fourth-order valence-corrected chi connectivity index (χ4v) is 7.61. The van der Waals surface area contributed by atoms with Crippen LogP contribution in [0.1, 0.15) is 83.5 Å². The van der Waals surface area contributed by atoms with Gasteiger partial charge < -0.3 is 20.5 Å². The summed E-state index contributed by atoms with van der Waals surface area (Å²) in [5.74, 6) is -1.38. The van der Waals surface area contributed by atoms with Crippen molar-refractivity contribution < 1.29 is 37.4 Å². The van der Waals surface area contributed by atoms with Gasteiger partial charge in [-0.25, -0.2) is 13.2 Å². The molecular formula is C29H39ClF3N3O5. The van der Waals surface area contributed by atoms with E-state index in [-0.39, 0.29) is 23.8 Å². The zero-order valence-electron chi connectivity index (χ0n) is 23.0. The van der Waals surface area contributed by atoms with Crippen LogP contribution in [-0.2, 0) is 14.4 Å². The van der Waals surface area contributed by atoms with E-state index in [1.807, 2.05) is 0 Å². The van der Waals surface area contributed by atoms with E-state index in [0.717, 1.165) is 44.6 Å². The Bertz CT molecular complexity index is 1110. The molecule has 4 saturated carbocycles. The van der Waals surface area contributed by atoms with Crippen LogP contribution in [0, 0.1) is 11.2 Å². The van der Waals surface area contributed by atoms with Crippen molar-refractivity contribution >= 4 is 23.4 Å². The van der Waals surface area contributed by atoms with Crippen LogP contribution in [0.4, 0.5) is 13.2 Å². The first-order valence-corrected chi connectivity index (χ1v) is 15.0. The number of aliphatic hydroxyl groups excluding tert-OH is 1.